The van der Waals surface area contributed by atoms with Crippen LogP contribution in [0.3, 0.4) is 0 Å². The first-order valence-corrected chi connectivity index (χ1v) is 4.96. The van der Waals surface area contributed by atoms with Gasteiger partial charge in [-0.2, -0.15) is 0 Å². The Hall–Kier alpha value is -1.22. The molecule has 76 valence electrons. The Morgan fingerprint density at radius 1 is 1.36 bits per heavy atom. The number of benzene rings is 1. The Balaban J connectivity index is 2.32. The summed E-state index contributed by atoms with van der Waals surface area (Å²) in [6.07, 6.45) is 0. The third-order valence-corrected chi connectivity index (χ3v) is 2.51. The largest absolute Gasteiger partial charge is 0.381 e. The maximum atomic E-state index is 5.59. The van der Waals surface area contributed by atoms with Crippen LogP contribution >= 0.6 is 0 Å². The van der Waals surface area contributed by atoms with Crippen molar-refractivity contribution in [2.24, 2.45) is 5.73 Å². The number of fused-ring (bicyclic) bond motifs is 1. The van der Waals surface area contributed by atoms with Crippen molar-refractivity contribution in [2.75, 3.05) is 17.2 Å². The van der Waals surface area contributed by atoms with E-state index in [1.165, 1.54) is 5.69 Å². The van der Waals surface area contributed by atoms with Gasteiger partial charge in [0.1, 0.15) is 0 Å². The van der Waals surface area contributed by atoms with E-state index in [2.05, 4.69) is 42.7 Å². The van der Waals surface area contributed by atoms with Gasteiger partial charge < -0.3 is 16.4 Å². The molecular weight excluding hydrogens is 174 g/mol. The van der Waals surface area contributed by atoms with Crippen LogP contribution in [0.4, 0.5) is 11.4 Å². The van der Waals surface area contributed by atoms with Gasteiger partial charge in [-0.25, -0.2) is 0 Å². The third kappa shape index (κ3) is 1.68. The molecule has 0 aliphatic carbocycles. The number of rotatable bonds is 1. The van der Waals surface area contributed by atoms with Gasteiger partial charge in [0.15, 0.2) is 0 Å². The summed E-state index contributed by atoms with van der Waals surface area (Å²) in [5, 5.41) is 6.89. The molecule has 0 unspecified atom stereocenters. The molecule has 14 heavy (non-hydrogen) atoms. The number of nitrogens with two attached hydrogens (primary N) is 1. The van der Waals surface area contributed by atoms with Crippen LogP contribution in [0.1, 0.15) is 19.4 Å². The molecular formula is C11H17N3. The van der Waals surface area contributed by atoms with Crippen LogP contribution in [-0.2, 0) is 6.54 Å². The molecule has 0 spiro atoms. The second kappa shape index (κ2) is 3.17. The SMILES string of the molecule is CC1(C)CNc2cc(CN)ccc2N1. The van der Waals surface area contributed by atoms with Gasteiger partial charge in [-0.1, -0.05) is 6.07 Å². The van der Waals surface area contributed by atoms with Crippen molar-refractivity contribution in [1.29, 1.82) is 0 Å². The minimum absolute atomic E-state index is 0.122. The van der Waals surface area contributed by atoms with E-state index in [0.29, 0.717) is 6.54 Å². The van der Waals surface area contributed by atoms with Crippen LogP contribution in [-0.4, -0.2) is 12.1 Å². The molecule has 0 atom stereocenters. The molecule has 1 aromatic rings. The van der Waals surface area contributed by atoms with Gasteiger partial charge in [-0.15, -0.1) is 0 Å². The minimum atomic E-state index is 0.122. The van der Waals surface area contributed by atoms with E-state index in [9.17, 15) is 0 Å². The maximum Gasteiger partial charge on any atom is 0.0580 e. The fourth-order valence-electron chi connectivity index (χ4n) is 1.70. The van der Waals surface area contributed by atoms with E-state index in [4.69, 9.17) is 5.73 Å². The first-order chi connectivity index (χ1) is 6.61. The van der Waals surface area contributed by atoms with Gasteiger partial charge in [-0.05, 0) is 31.5 Å². The van der Waals surface area contributed by atoms with Crippen molar-refractivity contribution >= 4 is 11.4 Å². The first kappa shape index (κ1) is 9.34. The summed E-state index contributed by atoms with van der Waals surface area (Å²) >= 11 is 0. The summed E-state index contributed by atoms with van der Waals surface area (Å²) in [6.45, 7) is 5.89. The highest BCUT2D eigenvalue weighted by molar-refractivity contribution is 5.72. The molecule has 0 bridgehead atoms. The smallest absolute Gasteiger partial charge is 0.0580 e. The molecule has 3 nitrogen and oxygen atoms in total. The lowest BCUT2D eigenvalue weighted by molar-refractivity contribution is 0.589. The fraction of sp³-hybridized carbons (Fsp3) is 0.455. The molecule has 1 heterocycles. The zero-order valence-corrected chi connectivity index (χ0v) is 8.72. The van der Waals surface area contributed by atoms with E-state index in [1.807, 2.05) is 0 Å². The average molecular weight is 191 g/mol. The van der Waals surface area contributed by atoms with Crippen molar-refractivity contribution in [2.45, 2.75) is 25.9 Å². The highest BCUT2D eigenvalue weighted by Gasteiger charge is 2.23. The monoisotopic (exact) mass is 191 g/mol. The molecule has 3 heteroatoms. The molecule has 1 aliphatic rings. The molecule has 1 aromatic carbocycles. The van der Waals surface area contributed by atoms with Crippen molar-refractivity contribution in [3.8, 4) is 0 Å². The molecule has 2 rings (SSSR count). The van der Waals surface area contributed by atoms with Crippen LogP contribution in [0.15, 0.2) is 18.2 Å². The van der Waals surface area contributed by atoms with Crippen molar-refractivity contribution in [3.63, 3.8) is 0 Å². The zero-order chi connectivity index (χ0) is 10.2. The van der Waals surface area contributed by atoms with Gasteiger partial charge in [0.25, 0.3) is 0 Å². The highest BCUT2D eigenvalue weighted by atomic mass is 15.1. The Kier molecular flexibility index (Phi) is 2.11. The molecule has 1 aliphatic heterocycles. The zero-order valence-electron chi connectivity index (χ0n) is 8.72. The number of hydrogen-bond donors (Lipinski definition) is 3. The Morgan fingerprint density at radius 3 is 2.86 bits per heavy atom. The molecule has 0 aromatic heterocycles. The molecule has 0 amide bonds. The van der Waals surface area contributed by atoms with Crippen LogP contribution in [0.25, 0.3) is 0 Å². The lowest BCUT2D eigenvalue weighted by Gasteiger charge is -2.34. The standard InChI is InChI=1S/C11H17N3/c1-11(2)7-13-10-5-8(6-12)3-4-9(10)14-11/h3-5,13-14H,6-7,12H2,1-2H3. The van der Waals surface area contributed by atoms with Crippen LogP contribution in [0.5, 0.6) is 0 Å². The summed E-state index contributed by atoms with van der Waals surface area (Å²) in [4.78, 5) is 0. The van der Waals surface area contributed by atoms with Gasteiger partial charge >= 0.3 is 0 Å². The number of nitrogens with one attached hydrogen (secondary N) is 2. The Bertz CT molecular complexity index is 344. The first-order valence-electron chi connectivity index (χ1n) is 4.96. The summed E-state index contributed by atoms with van der Waals surface area (Å²) in [5.74, 6) is 0. The minimum Gasteiger partial charge on any atom is -0.381 e. The predicted molar refractivity (Wildman–Crippen MR) is 60.5 cm³/mol. The van der Waals surface area contributed by atoms with Crippen LogP contribution in [0.2, 0.25) is 0 Å². The average Bonchev–Trinajstić information content (AvgIpc) is 2.16. The van der Waals surface area contributed by atoms with E-state index >= 15 is 0 Å². The Labute approximate surface area is 84.7 Å². The molecule has 0 saturated carbocycles. The van der Waals surface area contributed by atoms with E-state index in [1.54, 1.807) is 0 Å². The highest BCUT2D eigenvalue weighted by Crippen LogP contribution is 2.30. The van der Waals surface area contributed by atoms with Crippen molar-refractivity contribution in [1.82, 2.24) is 0 Å². The lowest BCUT2D eigenvalue weighted by atomic mass is 10.0. The van der Waals surface area contributed by atoms with Gasteiger partial charge in [-0.3, -0.25) is 0 Å². The third-order valence-electron chi connectivity index (χ3n) is 2.51. The van der Waals surface area contributed by atoms with Crippen LogP contribution in [0, 0.1) is 0 Å². The molecule has 0 saturated heterocycles. The van der Waals surface area contributed by atoms with Gasteiger partial charge in [0.2, 0.25) is 0 Å². The summed E-state index contributed by atoms with van der Waals surface area (Å²) < 4.78 is 0. The summed E-state index contributed by atoms with van der Waals surface area (Å²) in [7, 11) is 0. The van der Waals surface area contributed by atoms with E-state index < -0.39 is 0 Å². The summed E-state index contributed by atoms with van der Waals surface area (Å²) in [6, 6.07) is 6.26. The Morgan fingerprint density at radius 2 is 2.14 bits per heavy atom. The fourth-order valence-corrected chi connectivity index (χ4v) is 1.70. The predicted octanol–water partition coefficient (Wildman–Crippen LogP) is 1.76. The summed E-state index contributed by atoms with van der Waals surface area (Å²) in [5.41, 5.74) is 9.20. The van der Waals surface area contributed by atoms with Gasteiger partial charge in [0, 0.05) is 18.6 Å². The number of anilines is 2. The van der Waals surface area contributed by atoms with Crippen molar-refractivity contribution < 1.29 is 0 Å². The second-order valence-electron chi connectivity index (χ2n) is 4.45. The van der Waals surface area contributed by atoms with Crippen molar-refractivity contribution in [3.05, 3.63) is 23.8 Å². The normalized spacial score (nSPS) is 17.9. The lowest BCUT2D eigenvalue weighted by Crippen LogP contribution is -2.42. The second-order valence-corrected chi connectivity index (χ2v) is 4.45. The van der Waals surface area contributed by atoms with Crippen LogP contribution < -0.4 is 16.4 Å². The molecule has 0 radical (unpaired) electrons. The maximum absolute atomic E-state index is 5.59. The van der Waals surface area contributed by atoms with E-state index in [0.717, 1.165) is 17.8 Å². The topological polar surface area (TPSA) is 50.1 Å². The molecule has 0 fully saturated rings. The quantitative estimate of drug-likeness (QED) is 0.634. The van der Waals surface area contributed by atoms with E-state index in [-0.39, 0.29) is 5.54 Å². The number of hydrogen-bond acceptors (Lipinski definition) is 3. The molecule has 4 N–H and O–H groups in total. The van der Waals surface area contributed by atoms with Gasteiger partial charge in [0.05, 0.1) is 11.4 Å².